The lowest BCUT2D eigenvalue weighted by molar-refractivity contribution is -0.137. The number of benzene rings is 2. The third kappa shape index (κ3) is 6.16. The molecule has 11 heteroatoms. The molecule has 8 nitrogen and oxygen atoms in total. The molecule has 0 aliphatic carbocycles. The van der Waals surface area contributed by atoms with E-state index >= 15 is 0 Å². The zero-order chi connectivity index (χ0) is 24.0. The number of carbonyl (C=O) groups is 2. The summed E-state index contributed by atoms with van der Waals surface area (Å²) in [5.41, 5.74) is -0.297. The Labute approximate surface area is 187 Å². The van der Waals surface area contributed by atoms with E-state index in [1.807, 2.05) is 0 Å². The molecule has 1 unspecified atom stereocenters. The van der Waals surface area contributed by atoms with E-state index in [2.05, 4.69) is 15.4 Å². The molecule has 3 aromatic rings. The Morgan fingerprint density at radius 3 is 2.52 bits per heavy atom. The second-order valence-corrected chi connectivity index (χ2v) is 7.08. The number of halogens is 3. The van der Waals surface area contributed by atoms with Gasteiger partial charge in [0, 0.05) is 18.7 Å². The third-order valence-corrected chi connectivity index (χ3v) is 4.40. The van der Waals surface area contributed by atoms with Crippen LogP contribution in [0.4, 0.5) is 13.2 Å². The minimum atomic E-state index is -4.56. The van der Waals surface area contributed by atoms with E-state index in [0.29, 0.717) is 5.56 Å². The second kappa shape index (κ2) is 10.3. The van der Waals surface area contributed by atoms with E-state index in [1.165, 1.54) is 19.2 Å². The van der Waals surface area contributed by atoms with E-state index in [4.69, 9.17) is 9.47 Å². The molecule has 174 valence electrons. The number of nitrogens with zero attached hydrogens (tertiary/aromatic N) is 3. The van der Waals surface area contributed by atoms with Crippen LogP contribution in [-0.4, -0.2) is 53.0 Å². The van der Waals surface area contributed by atoms with Gasteiger partial charge in [-0.3, -0.25) is 4.79 Å². The van der Waals surface area contributed by atoms with Gasteiger partial charge in [-0.25, -0.2) is 14.5 Å². The van der Waals surface area contributed by atoms with Gasteiger partial charge in [0.1, 0.15) is 0 Å². The maximum atomic E-state index is 13.2. The predicted molar refractivity (Wildman–Crippen MR) is 112 cm³/mol. The van der Waals surface area contributed by atoms with Crippen molar-refractivity contribution in [1.29, 1.82) is 0 Å². The van der Waals surface area contributed by atoms with Gasteiger partial charge in [-0.1, -0.05) is 36.4 Å². The monoisotopic (exact) mass is 462 g/mol. The molecule has 33 heavy (non-hydrogen) atoms. The Balaban J connectivity index is 1.88. The van der Waals surface area contributed by atoms with E-state index in [-0.39, 0.29) is 24.2 Å². The first-order valence-corrected chi connectivity index (χ1v) is 9.84. The molecule has 0 aliphatic rings. The zero-order valence-electron chi connectivity index (χ0n) is 17.8. The van der Waals surface area contributed by atoms with Crippen molar-refractivity contribution < 1.29 is 32.2 Å². The van der Waals surface area contributed by atoms with Crippen molar-refractivity contribution in [1.82, 2.24) is 20.1 Å². The fraction of sp³-hybridized carbons (Fsp3) is 0.273. The van der Waals surface area contributed by atoms with Gasteiger partial charge in [-0.15, -0.1) is 5.10 Å². The van der Waals surface area contributed by atoms with Crippen LogP contribution in [0.1, 0.15) is 23.1 Å². The Morgan fingerprint density at radius 2 is 1.85 bits per heavy atom. The molecule has 0 saturated heterocycles. The average molecular weight is 462 g/mol. The van der Waals surface area contributed by atoms with Gasteiger partial charge in [-0.2, -0.15) is 13.2 Å². The average Bonchev–Trinajstić information content (AvgIpc) is 3.23. The molecular weight excluding hydrogens is 441 g/mol. The normalized spacial score (nSPS) is 12.3. The van der Waals surface area contributed by atoms with Crippen LogP contribution in [0.2, 0.25) is 0 Å². The topological polar surface area (TPSA) is 95.3 Å². The Kier molecular flexibility index (Phi) is 7.44. The largest absolute Gasteiger partial charge is 0.450 e. The zero-order valence-corrected chi connectivity index (χ0v) is 17.8. The molecule has 1 aromatic heterocycles. The van der Waals surface area contributed by atoms with Gasteiger partial charge in [0.05, 0.1) is 17.9 Å². The van der Waals surface area contributed by atoms with E-state index < -0.39 is 36.0 Å². The maximum absolute atomic E-state index is 13.2. The lowest BCUT2D eigenvalue weighted by Gasteiger charge is -2.12. The van der Waals surface area contributed by atoms with Crippen LogP contribution in [0, 0.1) is 0 Å². The molecule has 0 saturated carbocycles. The van der Waals surface area contributed by atoms with Gasteiger partial charge in [0.15, 0.2) is 12.4 Å². The third-order valence-electron chi connectivity index (χ3n) is 4.40. The number of alkyl halides is 3. The number of hydrogen-bond acceptors (Lipinski definition) is 6. The molecule has 1 N–H and O–H groups in total. The summed E-state index contributed by atoms with van der Waals surface area (Å²) in [4.78, 5) is 28.5. The van der Waals surface area contributed by atoms with Crippen LogP contribution in [-0.2, 0) is 20.4 Å². The van der Waals surface area contributed by atoms with Gasteiger partial charge in [-0.05, 0) is 25.1 Å². The van der Waals surface area contributed by atoms with E-state index in [1.54, 1.807) is 37.3 Å². The van der Waals surface area contributed by atoms with Crippen molar-refractivity contribution in [2.75, 3.05) is 20.3 Å². The number of rotatable bonds is 8. The minimum Gasteiger partial charge on any atom is -0.450 e. The fourth-order valence-electron chi connectivity index (χ4n) is 2.97. The van der Waals surface area contributed by atoms with E-state index in [0.717, 1.165) is 16.8 Å². The summed E-state index contributed by atoms with van der Waals surface area (Å²) >= 11 is 0. The first-order valence-electron chi connectivity index (χ1n) is 9.84. The van der Waals surface area contributed by atoms with Gasteiger partial charge in [0.2, 0.25) is 0 Å². The number of esters is 1. The maximum Gasteiger partial charge on any atom is 0.416 e. The fourth-order valence-corrected chi connectivity index (χ4v) is 2.97. The van der Waals surface area contributed by atoms with Crippen molar-refractivity contribution in [3.8, 4) is 17.1 Å². The SMILES string of the molecule is COCC(C)NC(=O)COC(=O)c1nc(-c2ccccc2)n(-c2cccc(C(F)(F)F)c2)n1. The molecule has 1 heterocycles. The summed E-state index contributed by atoms with van der Waals surface area (Å²) in [6.45, 7) is 1.42. The summed E-state index contributed by atoms with van der Waals surface area (Å²) in [5.74, 6) is -1.80. The molecule has 0 radical (unpaired) electrons. The van der Waals surface area contributed by atoms with Crippen LogP contribution in [0.3, 0.4) is 0 Å². The van der Waals surface area contributed by atoms with Crippen molar-refractivity contribution >= 4 is 11.9 Å². The molecule has 3 rings (SSSR count). The summed E-state index contributed by atoms with van der Waals surface area (Å²) in [5, 5.41) is 6.64. The smallest absolute Gasteiger partial charge is 0.416 e. The minimum absolute atomic E-state index is 0.0568. The first-order chi connectivity index (χ1) is 15.7. The summed E-state index contributed by atoms with van der Waals surface area (Å²) in [6.07, 6.45) is -4.56. The molecular formula is C22H21F3N4O4. The molecule has 0 spiro atoms. The van der Waals surface area contributed by atoms with Crippen LogP contribution in [0.25, 0.3) is 17.1 Å². The lowest BCUT2D eigenvalue weighted by atomic mass is 10.2. The number of hydrogen-bond donors (Lipinski definition) is 1. The molecule has 0 bridgehead atoms. The summed E-state index contributed by atoms with van der Waals surface area (Å²) in [7, 11) is 1.49. The lowest BCUT2D eigenvalue weighted by Crippen LogP contribution is -2.38. The van der Waals surface area contributed by atoms with Crippen molar-refractivity contribution in [2.45, 2.75) is 19.1 Å². The van der Waals surface area contributed by atoms with Crippen LogP contribution in [0.15, 0.2) is 54.6 Å². The highest BCUT2D eigenvalue weighted by Crippen LogP contribution is 2.31. The molecule has 1 amide bonds. The van der Waals surface area contributed by atoms with Crippen molar-refractivity contribution in [3.05, 3.63) is 66.0 Å². The van der Waals surface area contributed by atoms with Crippen LogP contribution < -0.4 is 5.32 Å². The number of nitrogens with one attached hydrogen (secondary N) is 1. The van der Waals surface area contributed by atoms with Gasteiger partial charge < -0.3 is 14.8 Å². The highest BCUT2D eigenvalue weighted by atomic mass is 19.4. The van der Waals surface area contributed by atoms with Gasteiger partial charge in [0.25, 0.3) is 11.7 Å². The summed E-state index contributed by atoms with van der Waals surface area (Å²) < 4.78 is 50.6. The van der Waals surface area contributed by atoms with Crippen LogP contribution in [0.5, 0.6) is 0 Å². The van der Waals surface area contributed by atoms with Crippen molar-refractivity contribution in [2.24, 2.45) is 0 Å². The molecule has 0 aliphatic heterocycles. The Bertz CT molecular complexity index is 1120. The number of aromatic nitrogens is 3. The van der Waals surface area contributed by atoms with Crippen LogP contribution >= 0.6 is 0 Å². The highest BCUT2D eigenvalue weighted by Gasteiger charge is 2.31. The molecule has 0 fully saturated rings. The standard InChI is InChI=1S/C22H21F3N4O4/c1-14(12-32-2)26-18(30)13-33-21(31)19-27-20(15-7-4-3-5-8-15)29(28-19)17-10-6-9-16(11-17)22(23,24)25/h3-11,14H,12-13H2,1-2H3,(H,26,30). The number of amides is 1. The Hall–Kier alpha value is -3.73. The first kappa shape index (κ1) is 23.9. The van der Waals surface area contributed by atoms with E-state index in [9.17, 15) is 22.8 Å². The molecule has 2 aromatic carbocycles. The van der Waals surface area contributed by atoms with Gasteiger partial charge >= 0.3 is 12.1 Å². The number of methoxy groups -OCH3 is 1. The number of carbonyl (C=O) groups excluding carboxylic acids is 2. The second-order valence-electron chi connectivity index (χ2n) is 7.08. The van der Waals surface area contributed by atoms with Crippen molar-refractivity contribution in [3.63, 3.8) is 0 Å². The predicted octanol–water partition coefficient (Wildman–Crippen LogP) is 3.26. The highest BCUT2D eigenvalue weighted by molar-refractivity contribution is 5.88. The Morgan fingerprint density at radius 1 is 1.12 bits per heavy atom. The number of ether oxygens (including phenoxy) is 2. The molecule has 1 atom stereocenters. The summed E-state index contributed by atoms with van der Waals surface area (Å²) in [6, 6.07) is 12.7. The quantitative estimate of drug-likeness (QED) is 0.517.